The van der Waals surface area contributed by atoms with Crippen molar-refractivity contribution in [2.24, 2.45) is 0 Å². The maximum absolute atomic E-state index is 11.0. The molecule has 0 saturated heterocycles. The number of carbonyl (C=O) groups is 1. The van der Waals surface area contributed by atoms with Crippen LogP contribution in [-0.2, 0) is 11.3 Å². The lowest BCUT2D eigenvalue weighted by Gasteiger charge is -1.98. The van der Waals surface area contributed by atoms with Gasteiger partial charge in [-0.2, -0.15) is 0 Å². The van der Waals surface area contributed by atoms with E-state index in [1.165, 1.54) is 0 Å². The van der Waals surface area contributed by atoms with Crippen molar-refractivity contribution in [2.75, 3.05) is 5.88 Å². The Hall–Kier alpha value is -1.39. The van der Waals surface area contributed by atoms with E-state index in [0.717, 1.165) is 15.4 Å². The number of halogens is 1. The molecular formula is C12H11ClN2OS. The van der Waals surface area contributed by atoms with E-state index in [1.807, 2.05) is 30.3 Å². The minimum Gasteiger partial charge on any atom is -0.350 e. The summed E-state index contributed by atoms with van der Waals surface area (Å²) in [6, 6.07) is 9.95. The Morgan fingerprint density at radius 1 is 1.35 bits per heavy atom. The molecule has 1 N–H and O–H groups in total. The van der Waals surface area contributed by atoms with E-state index in [4.69, 9.17) is 11.6 Å². The molecule has 1 heterocycles. The lowest BCUT2D eigenvalue weighted by molar-refractivity contribution is -0.118. The Morgan fingerprint density at radius 3 is 2.82 bits per heavy atom. The van der Waals surface area contributed by atoms with Gasteiger partial charge in [0.15, 0.2) is 0 Å². The van der Waals surface area contributed by atoms with Gasteiger partial charge >= 0.3 is 0 Å². The van der Waals surface area contributed by atoms with Gasteiger partial charge in [-0.1, -0.05) is 30.3 Å². The largest absolute Gasteiger partial charge is 0.350 e. The molecule has 0 saturated carbocycles. The monoisotopic (exact) mass is 266 g/mol. The number of thiazole rings is 1. The second-order valence-electron chi connectivity index (χ2n) is 3.41. The Labute approximate surface area is 108 Å². The fraction of sp³-hybridized carbons (Fsp3) is 0.167. The lowest BCUT2D eigenvalue weighted by Crippen LogP contribution is -2.23. The Balaban J connectivity index is 2.04. The van der Waals surface area contributed by atoms with Crippen LogP contribution >= 0.6 is 22.9 Å². The van der Waals surface area contributed by atoms with Gasteiger partial charge in [0.2, 0.25) is 5.91 Å². The van der Waals surface area contributed by atoms with E-state index in [2.05, 4.69) is 10.3 Å². The van der Waals surface area contributed by atoms with Crippen molar-refractivity contribution in [2.45, 2.75) is 6.54 Å². The summed E-state index contributed by atoms with van der Waals surface area (Å²) >= 11 is 6.96. The van der Waals surface area contributed by atoms with Gasteiger partial charge in [-0.3, -0.25) is 4.79 Å². The standard InChI is InChI=1S/C12H11ClN2OS/c13-6-11(16)14-7-10-8-15-12(17-10)9-4-2-1-3-5-9/h1-5,8H,6-7H2,(H,14,16). The number of carbonyl (C=O) groups excluding carboxylic acids is 1. The van der Waals surface area contributed by atoms with Gasteiger partial charge in [0, 0.05) is 16.6 Å². The molecule has 0 radical (unpaired) electrons. The van der Waals surface area contributed by atoms with Crippen molar-refractivity contribution in [1.29, 1.82) is 0 Å². The second-order valence-corrected chi connectivity index (χ2v) is 4.79. The number of amides is 1. The number of alkyl halides is 1. The van der Waals surface area contributed by atoms with Crippen LogP contribution in [0.2, 0.25) is 0 Å². The SMILES string of the molecule is O=C(CCl)NCc1cnc(-c2ccccc2)s1. The summed E-state index contributed by atoms with van der Waals surface area (Å²) in [7, 11) is 0. The smallest absolute Gasteiger partial charge is 0.235 e. The van der Waals surface area contributed by atoms with Gasteiger partial charge in [0.1, 0.15) is 10.9 Å². The van der Waals surface area contributed by atoms with Crippen LogP contribution in [0.3, 0.4) is 0 Å². The quantitative estimate of drug-likeness (QED) is 0.865. The summed E-state index contributed by atoms with van der Waals surface area (Å²) < 4.78 is 0. The molecule has 0 unspecified atom stereocenters. The molecule has 3 nitrogen and oxygen atoms in total. The van der Waals surface area contributed by atoms with E-state index in [0.29, 0.717) is 6.54 Å². The lowest BCUT2D eigenvalue weighted by atomic mass is 10.2. The first-order valence-corrected chi connectivity index (χ1v) is 6.47. The normalized spacial score (nSPS) is 10.2. The van der Waals surface area contributed by atoms with Crippen molar-refractivity contribution in [3.05, 3.63) is 41.4 Å². The third-order valence-corrected chi connectivity index (χ3v) is 3.44. The highest BCUT2D eigenvalue weighted by Gasteiger charge is 2.05. The van der Waals surface area contributed by atoms with Gasteiger partial charge in [-0.05, 0) is 0 Å². The number of rotatable bonds is 4. The molecule has 0 spiro atoms. The number of hydrogen-bond donors (Lipinski definition) is 1. The van der Waals surface area contributed by atoms with E-state index >= 15 is 0 Å². The maximum Gasteiger partial charge on any atom is 0.235 e. The maximum atomic E-state index is 11.0. The van der Waals surface area contributed by atoms with Gasteiger partial charge < -0.3 is 5.32 Å². The molecule has 0 aliphatic heterocycles. The number of aromatic nitrogens is 1. The third-order valence-electron chi connectivity index (χ3n) is 2.16. The van der Waals surface area contributed by atoms with Gasteiger partial charge in [0.05, 0.1) is 6.54 Å². The van der Waals surface area contributed by atoms with Crippen LogP contribution in [0.25, 0.3) is 10.6 Å². The summed E-state index contributed by atoms with van der Waals surface area (Å²) in [6.45, 7) is 0.482. The van der Waals surface area contributed by atoms with Crippen molar-refractivity contribution < 1.29 is 4.79 Å². The van der Waals surface area contributed by atoms with Crippen LogP contribution in [0.5, 0.6) is 0 Å². The predicted molar refractivity (Wildman–Crippen MR) is 70.1 cm³/mol. The summed E-state index contributed by atoms with van der Waals surface area (Å²) in [6.07, 6.45) is 1.78. The molecule has 0 aliphatic rings. The fourth-order valence-corrected chi connectivity index (χ4v) is 2.29. The van der Waals surface area contributed by atoms with Gasteiger partial charge in [0.25, 0.3) is 0 Å². The highest BCUT2D eigenvalue weighted by molar-refractivity contribution is 7.15. The second kappa shape index (κ2) is 5.80. The van der Waals surface area contributed by atoms with Crippen molar-refractivity contribution in [1.82, 2.24) is 10.3 Å². The molecule has 17 heavy (non-hydrogen) atoms. The van der Waals surface area contributed by atoms with Crippen LogP contribution in [-0.4, -0.2) is 16.8 Å². The van der Waals surface area contributed by atoms with E-state index < -0.39 is 0 Å². The number of hydrogen-bond acceptors (Lipinski definition) is 3. The first-order valence-electron chi connectivity index (χ1n) is 5.12. The minimum absolute atomic E-state index is 0.00958. The number of nitrogens with one attached hydrogen (secondary N) is 1. The van der Waals surface area contributed by atoms with Gasteiger partial charge in [-0.15, -0.1) is 22.9 Å². The molecule has 5 heteroatoms. The molecule has 1 amide bonds. The minimum atomic E-state index is -0.165. The molecule has 1 aromatic heterocycles. The third kappa shape index (κ3) is 3.28. The molecule has 88 valence electrons. The Kier molecular flexibility index (Phi) is 4.12. The van der Waals surface area contributed by atoms with Crippen LogP contribution in [0.1, 0.15) is 4.88 Å². The molecule has 2 rings (SSSR count). The summed E-state index contributed by atoms with van der Waals surface area (Å²) in [4.78, 5) is 16.3. The topological polar surface area (TPSA) is 42.0 Å². The van der Waals surface area contributed by atoms with Crippen LogP contribution in [0, 0.1) is 0 Å². The highest BCUT2D eigenvalue weighted by Crippen LogP contribution is 2.24. The molecular weight excluding hydrogens is 256 g/mol. The van der Waals surface area contributed by atoms with E-state index in [-0.39, 0.29) is 11.8 Å². The van der Waals surface area contributed by atoms with Crippen LogP contribution < -0.4 is 5.32 Å². The summed E-state index contributed by atoms with van der Waals surface area (Å²) in [5.74, 6) is -0.175. The van der Waals surface area contributed by atoms with Gasteiger partial charge in [-0.25, -0.2) is 4.98 Å². The number of benzene rings is 1. The first kappa shape index (κ1) is 12.1. The highest BCUT2D eigenvalue weighted by atomic mass is 35.5. The first-order chi connectivity index (χ1) is 8.29. The van der Waals surface area contributed by atoms with Crippen molar-refractivity contribution in [3.63, 3.8) is 0 Å². The Bertz CT molecular complexity index is 498. The molecule has 0 bridgehead atoms. The summed E-state index contributed by atoms with van der Waals surface area (Å²) in [5, 5.41) is 3.67. The zero-order valence-electron chi connectivity index (χ0n) is 9.02. The zero-order chi connectivity index (χ0) is 12.1. The van der Waals surface area contributed by atoms with Crippen molar-refractivity contribution >= 4 is 28.8 Å². The molecule has 1 aromatic carbocycles. The zero-order valence-corrected chi connectivity index (χ0v) is 10.6. The number of nitrogens with zero attached hydrogens (tertiary/aromatic N) is 1. The molecule has 2 aromatic rings. The fourth-order valence-electron chi connectivity index (χ4n) is 1.34. The molecule has 0 fully saturated rings. The van der Waals surface area contributed by atoms with Crippen LogP contribution in [0.4, 0.5) is 0 Å². The molecule has 0 aliphatic carbocycles. The van der Waals surface area contributed by atoms with Crippen LogP contribution in [0.15, 0.2) is 36.5 Å². The molecule has 0 atom stereocenters. The van der Waals surface area contributed by atoms with Crippen molar-refractivity contribution in [3.8, 4) is 10.6 Å². The average molecular weight is 267 g/mol. The Morgan fingerprint density at radius 2 is 2.12 bits per heavy atom. The average Bonchev–Trinajstić information content (AvgIpc) is 2.86. The predicted octanol–water partition coefficient (Wildman–Crippen LogP) is 2.67. The van der Waals surface area contributed by atoms with E-state index in [1.54, 1.807) is 17.5 Å². The van der Waals surface area contributed by atoms with E-state index in [9.17, 15) is 4.79 Å². The summed E-state index contributed by atoms with van der Waals surface area (Å²) in [5.41, 5.74) is 1.09.